The molecule has 0 aliphatic carbocycles. The molecule has 2 aromatic rings. The van der Waals surface area contributed by atoms with Crippen LogP contribution >= 0.6 is 0 Å². The fourth-order valence-electron chi connectivity index (χ4n) is 1.37. The predicted molar refractivity (Wildman–Crippen MR) is 52.2 cm³/mol. The highest BCUT2D eigenvalue weighted by Gasteiger charge is 1.92. The summed E-state index contributed by atoms with van der Waals surface area (Å²) in [4.78, 5) is 0. The molecular weight excluding hydrogens is 144 g/mol. The van der Waals surface area contributed by atoms with Crippen LogP contribution in [0.5, 0.6) is 0 Å². The second-order valence-electron chi connectivity index (χ2n) is 2.95. The molecule has 0 amide bonds. The van der Waals surface area contributed by atoms with E-state index in [0.29, 0.717) is 0 Å². The number of benzene rings is 2. The van der Waals surface area contributed by atoms with Crippen molar-refractivity contribution in [3.8, 4) is 0 Å². The van der Waals surface area contributed by atoms with E-state index in [4.69, 9.17) is 0 Å². The quantitative estimate of drug-likeness (QED) is 0.593. The number of fused-ring (bicyclic) bond motifs is 1. The molecule has 1 radical (unpaired) electrons. The maximum Gasteiger partial charge on any atom is -0.00963 e. The summed E-state index contributed by atoms with van der Waals surface area (Å²) in [5.74, 6) is 0. The molecule has 0 saturated carbocycles. The van der Waals surface area contributed by atoms with Gasteiger partial charge < -0.3 is 0 Å². The van der Waals surface area contributed by atoms with Crippen molar-refractivity contribution in [1.82, 2.24) is 0 Å². The van der Waals surface area contributed by atoms with Crippen molar-refractivity contribution in [2.24, 2.45) is 0 Å². The third-order valence-corrected chi connectivity index (χ3v) is 2.12. The Morgan fingerprint density at radius 1 is 1.25 bits per heavy atom. The van der Waals surface area contributed by atoms with E-state index in [1.54, 1.807) is 0 Å². The molecule has 0 spiro atoms. The van der Waals surface area contributed by atoms with Crippen LogP contribution in [-0.4, -0.2) is 0 Å². The fraction of sp³-hybridized carbons (Fsp3) is 0.167. The van der Waals surface area contributed by atoms with Crippen molar-refractivity contribution in [3.05, 3.63) is 48.0 Å². The smallest absolute Gasteiger partial charge is 0.00963 e. The minimum Gasteiger partial charge on any atom is -0.0616 e. The lowest BCUT2D eigenvalue weighted by molar-refractivity contribution is 1.15. The maximum absolute atomic E-state index is 3.27. The molecule has 0 aliphatic heterocycles. The molecule has 0 aromatic heterocycles. The van der Waals surface area contributed by atoms with Crippen LogP contribution in [0.1, 0.15) is 12.5 Å². The number of aryl methyl sites for hydroxylation is 1. The Labute approximate surface area is 72.8 Å². The highest BCUT2D eigenvalue weighted by Crippen LogP contribution is 2.14. The molecule has 0 heterocycles. The third-order valence-electron chi connectivity index (χ3n) is 2.12. The zero-order chi connectivity index (χ0) is 8.39. The summed E-state index contributed by atoms with van der Waals surface area (Å²) in [5.41, 5.74) is 1.36. The molecule has 0 saturated heterocycles. The Morgan fingerprint density at radius 2 is 2.08 bits per heavy atom. The van der Waals surface area contributed by atoms with Gasteiger partial charge in [-0.25, -0.2) is 0 Å². The van der Waals surface area contributed by atoms with Crippen molar-refractivity contribution in [1.29, 1.82) is 0 Å². The van der Waals surface area contributed by atoms with Gasteiger partial charge >= 0.3 is 0 Å². The molecule has 0 nitrogen and oxygen atoms in total. The van der Waals surface area contributed by atoms with E-state index < -0.39 is 0 Å². The normalized spacial score (nSPS) is 10.4. The first-order chi connectivity index (χ1) is 5.90. The van der Waals surface area contributed by atoms with E-state index in [1.165, 1.54) is 16.3 Å². The lowest BCUT2D eigenvalue weighted by Crippen LogP contribution is -1.79. The minimum atomic E-state index is 1.08. The van der Waals surface area contributed by atoms with Crippen LogP contribution < -0.4 is 0 Å². The topological polar surface area (TPSA) is 0 Å². The van der Waals surface area contributed by atoms with Gasteiger partial charge in [-0.2, -0.15) is 0 Å². The van der Waals surface area contributed by atoms with Gasteiger partial charge in [-0.1, -0.05) is 43.3 Å². The van der Waals surface area contributed by atoms with Gasteiger partial charge in [0.25, 0.3) is 0 Å². The molecular formula is C12H11. The summed E-state index contributed by atoms with van der Waals surface area (Å²) < 4.78 is 0. The van der Waals surface area contributed by atoms with Gasteiger partial charge in [-0.3, -0.25) is 0 Å². The molecule has 0 N–H and O–H groups in total. The Balaban J connectivity index is 2.67. The third kappa shape index (κ3) is 1.20. The van der Waals surface area contributed by atoms with Crippen LogP contribution in [0, 0.1) is 6.07 Å². The Kier molecular flexibility index (Phi) is 1.83. The maximum atomic E-state index is 3.27. The second-order valence-corrected chi connectivity index (χ2v) is 2.95. The van der Waals surface area contributed by atoms with Gasteiger partial charge in [0.1, 0.15) is 0 Å². The summed E-state index contributed by atoms with van der Waals surface area (Å²) >= 11 is 0. The van der Waals surface area contributed by atoms with E-state index in [-0.39, 0.29) is 0 Å². The van der Waals surface area contributed by atoms with Crippen molar-refractivity contribution >= 4 is 10.8 Å². The van der Waals surface area contributed by atoms with Crippen molar-refractivity contribution in [2.75, 3.05) is 0 Å². The van der Waals surface area contributed by atoms with Crippen LogP contribution in [0.4, 0.5) is 0 Å². The summed E-state index contributed by atoms with van der Waals surface area (Å²) in [7, 11) is 0. The fourth-order valence-corrected chi connectivity index (χ4v) is 1.37. The lowest BCUT2D eigenvalue weighted by Gasteiger charge is -1.99. The van der Waals surface area contributed by atoms with Gasteiger partial charge in [0.2, 0.25) is 0 Å². The van der Waals surface area contributed by atoms with Crippen LogP contribution in [0.3, 0.4) is 0 Å². The number of rotatable bonds is 1. The van der Waals surface area contributed by atoms with Crippen molar-refractivity contribution < 1.29 is 0 Å². The Morgan fingerprint density at radius 3 is 2.92 bits per heavy atom. The average Bonchev–Trinajstić information content (AvgIpc) is 2.17. The van der Waals surface area contributed by atoms with Crippen LogP contribution in [0.25, 0.3) is 10.8 Å². The van der Waals surface area contributed by atoms with Gasteiger partial charge in [-0.05, 0) is 28.8 Å². The second kappa shape index (κ2) is 2.98. The van der Waals surface area contributed by atoms with E-state index in [9.17, 15) is 0 Å². The zero-order valence-corrected chi connectivity index (χ0v) is 7.17. The largest absolute Gasteiger partial charge is 0.0616 e. The van der Waals surface area contributed by atoms with Gasteiger partial charge in [0, 0.05) is 0 Å². The highest BCUT2D eigenvalue weighted by molar-refractivity contribution is 5.82. The van der Waals surface area contributed by atoms with E-state index in [2.05, 4.69) is 43.3 Å². The van der Waals surface area contributed by atoms with Crippen LogP contribution in [0.2, 0.25) is 0 Å². The predicted octanol–water partition coefficient (Wildman–Crippen LogP) is 3.20. The molecule has 0 atom stereocenters. The van der Waals surface area contributed by atoms with Crippen LogP contribution in [0.15, 0.2) is 36.4 Å². The highest BCUT2D eigenvalue weighted by atomic mass is 14.0. The summed E-state index contributed by atoms with van der Waals surface area (Å²) in [6.07, 6.45) is 1.08. The van der Waals surface area contributed by atoms with Crippen molar-refractivity contribution in [2.45, 2.75) is 13.3 Å². The van der Waals surface area contributed by atoms with Crippen LogP contribution in [-0.2, 0) is 6.42 Å². The standard InChI is InChI=1S/C12H11/c1-2-10-7-8-11-5-3-4-6-12(11)9-10/h3-7,9H,2H2,1H3. The Hall–Kier alpha value is -1.30. The molecule has 0 unspecified atom stereocenters. The van der Waals surface area contributed by atoms with Gasteiger partial charge in [-0.15, -0.1) is 0 Å². The monoisotopic (exact) mass is 155 g/mol. The van der Waals surface area contributed by atoms with Gasteiger partial charge in [0.15, 0.2) is 0 Å². The molecule has 0 heteroatoms. The SMILES string of the molecule is CCc1c[c]c2ccccc2c1. The van der Waals surface area contributed by atoms with Gasteiger partial charge in [0.05, 0.1) is 0 Å². The summed E-state index contributed by atoms with van der Waals surface area (Å²) in [6.45, 7) is 2.16. The summed E-state index contributed by atoms with van der Waals surface area (Å²) in [5, 5.41) is 2.49. The van der Waals surface area contributed by atoms with E-state index >= 15 is 0 Å². The van der Waals surface area contributed by atoms with E-state index in [0.717, 1.165) is 6.42 Å². The first-order valence-corrected chi connectivity index (χ1v) is 4.29. The first kappa shape index (κ1) is 7.35. The van der Waals surface area contributed by atoms with E-state index in [1.807, 2.05) is 6.07 Å². The zero-order valence-electron chi connectivity index (χ0n) is 7.17. The first-order valence-electron chi connectivity index (χ1n) is 4.29. The average molecular weight is 155 g/mol. The molecule has 12 heavy (non-hydrogen) atoms. The molecule has 0 aliphatic rings. The molecule has 2 aromatic carbocycles. The number of hydrogen-bond acceptors (Lipinski definition) is 0. The summed E-state index contributed by atoms with van der Waals surface area (Å²) in [6, 6.07) is 15.9. The minimum absolute atomic E-state index is 1.08. The Bertz CT molecular complexity index is 388. The molecule has 0 bridgehead atoms. The molecule has 2 rings (SSSR count). The molecule has 59 valence electrons. The number of hydrogen-bond donors (Lipinski definition) is 0. The lowest BCUT2D eigenvalue weighted by atomic mass is 10.1. The molecule has 0 fully saturated rings. The van der Waals surface area contributed by atoms with Crippen molar-refractivity contribution in [3.63, 3.8) is 0 Å².